The van der Waals surface area contributed by atoms with Gasteiger partial charge in [-0.1, -0.05) is 29.3 Å². The number of rotatable bonds is 6. The minimum Gasteiger partial charge on any atom is -0.356 e. The molecule has 2 rings (SSSR count). The van der Waals surface area contributed by atoms with Crippen molar-refractivity contribution in [3.05, 3.63) is 50.8 Å². The SMILES string of the molecule is Cc1n[nH]c(C)c1CCC(=O)NCCc1ccc(Cl)cc1Cl. The monoisotopic (exact) mass is 339 g/mol. The lowest BCUT2D eigenvalue weighted by atomic mass is 10.1. The molecule has 6 heteroatoms. The van der Waals surface area contributed by atoms with Gasteiger partial charge in [0.2, 0.25) is 5.91 Å². The molecule has 0 radical (unpaired) electrons. The maximum Gasteiger partial charge on any atom is 0.220 e. The molecular formula is C16H19Cl2N3O. The number of halogens is 2. The molecule has 2 N–H and O–H groups in total. The zero-order valence-electron chi connectivity index (χ0n) is 12.7. The maximum atomic E-state index is 11.9. The minimum absolute atomic E-state index is 0.0325. The first kappa shape index (κ1) is 16.8. The molecular weight excluding hydrogens is 321 g/mol. The summed E-state index contributed by atoms with van der Waals surface area (Å²) in [6.45, 7) is 4.47. The molecule has 0 fully saturated rings. The number of carbonyl (C=O) groups excluding carboxylic acids is 1. The summed E-state index contributed by atoms with van der Waals surface area (Å²) >= 11 is 12.0. The van der Waals surface area contributed by atoms with Gasteiger partial charge in [0, 0.05) is 28.7 Å². The molecule has 0 bridgehead atoms. The van der Waals surface area contributed by atoms with E-state index < -0.39 is 0 Å². The first-order valence-corrected chi connectivity index (χ1v) is 7.94. The van der Waals surface area contributed by atoms with Crippen molar-refractivity contribution in [2.45, 2.75) is 33.1 Å². The molecule has 1 amide bonds. The number of aryl methyl sites for hydroxylation is 2. The highest BCUT2D eigenvalue weighted by Crippen LogP contribution is 2.21. The Labute approximate surface area is 140 Å². The van der Waals surface area contributed by atoms with E-state index in [0.717, 1.165) is 22.5 Å². The van der Waals surface area contributed by atoms with Gasteiger partial charge in [-0.2, -0.15) is 5.10 Å². The van der Waals surface area contributed by atoms with Gasteiger partial charge in [-0.3, -0.25) is 9.89 Å². The summed E-state index contributed by atoms with van der Waals surface area (Å²) in [5.74, 6) is 0.0325. The Kier molecular flexibility index (Phi) is 5.86. The van der Waals surface area contributed by atoms with E-state index in [0.29, 0.717) is 35.9 Å². The highest BCUT2D eigenvalue weighted by Gasteiger charge is 2.09. The first-order valence-electron chi connectivity index (χ1n) is 7.18. The predicted molar refractivity (Wildman–Crippen MR) is 89.6 cm³/mol. The molecule has 0 aliphatic rings. The van der Waals surface area contributed by atoms with Crippen LogP contribution in [0.2, 0.25) is 10.0 Å². The van der Waals surface area contributed by atoms with E-state index in [-0.39, 0.29) is 5.91 Å². The molecule has 2 aromatic rings. The number of amides is 1. The van der Waals surface area contributed by atoms with Crippen LogP contribution in [0, 0.1) is 13.8 Å². The zero-order valence-corrected chi connectivity index (χ0v) is 14.2. The van der Waals surface area contributed by atoms with Crippen LogP contribution in [0.1, 0.15) is 28.9 Å². The standard InChI is InChI=1S/C16H19Cl2N3O/c1-10-14(11(2)21-20-10)5-6-16(22)19-8-7-12-3-4-13(17)9-15(12)18/h3-4,9H,5-8H2,1-2H3,(H,19,22)(H,20,21). The third-order valence-corrected chi connectivity index (χ3v) is 4.20. The first-order chi connectivity index (χ1) is 10.5. The topological polar surface area (TPSA) is 57.8 Å². The van der Waals surface area contributed by atoms with Crippen molar-refractivity contribution < 1.29 is 4.79 Å². The Bertz CT molecular complexity index is 648. The average molecular weight is 340 g/mol. The number of aromatic amines is 1. The molecule has 0 saturated heterocycles. The summed E-state index contributed by atoms with van der Waals surface area (Å²) < 4.78 is 0. The van der Waals surface area contributed by atoms with Gasteiger partial charge in [-0.15, -0.1) is 0 Å². The molecule has 0 aliphatic carbocycles. The van der Waals surface area contributed by atoms with E-state index in [1.807, 2.05) is 19.9 Å². The zero-order chi connectivity index (χ0) is 16.1. The predicted octanol–water partition coefficient (Wildman–Crippen LogP) is 3.62. The number of nitrogens with one attached hydrogen (secondary N) is 2. The summed E-state index contributed by atoms with van der Waals surface area (Å²) in [4.78, 5) is 11.9. The van der Waals surface area contributed by atoms with Gasteiger partial charge in [0.05, 0.1) is 5.69 Å². The van der Waals surface area contributed by atoms with Gasteiger partial charge in [-0.05, 0) is 49.9 Å². The van der Waals surface area contributed by atoms with E-state index in [1.165, 1.54) is 0 Å². The van der Waals surface area contributed by atoms with Crippen LogP contribution in [0.3, 0.4) is 0 Å². The van der Waals surface area contributed by atoms with E-state index in [2.05, 4.69) is 15.5 Å². The Morgan fingerprint density at radius 3 is 2.68 bits per heavy atom. The van der Waals surface area contributed by atoms with Crippen LogP contribution in [-0.2, 0) is 17.6 Å². The van der Waals surface area contributed by atoms with E-state index >= 15 is 0 Å². The van der Waals surface area contributed by atoms with Crippen LogP contribution < -0.4 is 5.32 Å². The number of H-pyrrole nitrogens is 1. The molecule has 0 atom stereocenters. The second kappa shape index (κ2) is 7.65. The molecule has 118 valence electrons. The highest BCUT2D eigenvalue weighted by atomic mass is 35.5. The van der Waals surface area contributed by atoms with E-state index in [4.69, 9.17) is 23.2 Å². The Balaban J connectivity index is 1.76. The Hall–Kier alpha value is -1.52. The van der Waals surface area contributed by atoms with Crippen LogP contribution in [0.15, 0.2) is 18.2 Å². The van der Waals surface area contributed by atoms with Gasteiger partial charge in [-0.25, -0.2) is 0 Å². The number of hydrogen-bond donors (Lipinski definition) is 2. The molecule has 0 unspecified atom stereocenters. The van der Waals surface area contributed by atoms with Gasteiger partial charge in [0.1, 0.15) is 0 Å². The van der Waals surface area contributed by atoms with Crippen molar-refractivity contribution in [2.75, 3.05) is 6.54 Å². The van der Waals surface area contributed by atoms with Crippen LogP contribution in [-0.4, -0.2) is 22.6 Å². The summed E-state index contributed by atoms with van der Waals surface area (Å²) in [7, 11) is 0. The Morgan fingerprint density at radius 2 is 2.05 bits per heavy atom. The molecule has 4 nitrogen and oxygen atoms in total. The lowest BCUT2D eigenvalue weighted by Crippen LogP contribution is -2.26. The fourth-order valence-electron chi connectivity index (χ4n) is 2.33. The van der Waals surface area contributed by atoms with Crippen LogP contribution in [0.5, 0.6) is 0 Å². The normalized spacial score (nSPS) is 10.7. The summed E-state index contributed by atoms with van der Waals surface area (Å²) in [5, 5.41) is 11.2. The summed E-state index contributed by atoms with van der Waals surface area (Å²) in [6, 6.07) is 5.40. The van der Waals surface area contributed by atoms with Crippen molar-refractivity contribution in [3.8, 4) is 0 Å². The van der Waals surface area contributed by atoms with Crippen LogP contribution >= 0.6 is 23.2 Å². The fourth-order valence-corrected chi connectivity index (χ4v) is 2.83. The molecule has 0 aliphatic heterocycles. The largest absolute Gasteiger partial charge is 0.356 e. The van der Waals surface area contributed by atoms with Crippen LogP contribution in [0.4, 0.5) is 0 Å². The van der Waals surface area contributed by atoms with Crippen molar-refractivity contribution in [1.82, 2.24) is 15.5 Å². The van der Waals surface area contributed by atoms with Crippen molar-refractivity contribution in [3.63, 3.8) is 0 Å². The van der Waals surface area contributed by atoms with E-state index in [1.54, 1.807) is 12.1 Å². The second-order valence-corrected chi connectivity index (χ2v) is 6.09. The second-order valence-electron chi connectivity index (χ2n) is 5.25. The summed E-state index contributed by atoms with van der Waals surface area (Å²) in [6.07, 6.45) is 1.84. The number of benzene rings is 1. The lowest BCUT2D eigenvalue weighted by Gasteiger charge is -2.07. The van der Waals surface area contributed by atoms with Gasteiger partial charge >= 0.3 is 0 Å². The van der Waals surface area contributed by atoms with Crippen molar-refractivity contribution in [1.29, 1.82) is 0 Å². The molecule has 1 aromatic carbocycles. The van der Waals surface area contributed by atoms with Gasteiger partial charge < -0.3 is 5.32 Å². The average Bonchev–Trinajstić information content (AvgIpc) is 2.78. The lowest BCUT2D eigenvalue weighted by molar-refractivity contribution is -0.121. The van der Waals surface area contributed by atoms with Gasteiger partial charge in [0.25, 0.3) is 0 Å². The number of aromatic nitrogens is 2. The molecule has 0 spiro atoms. The Morgan fingerprint density at radius 1 is 1.27 bits per heavy atom. The number of hydrogen-bond acceptors (Lipinski definition) is 2. The molecule has 0 saturated carbocycles. The molecule has 1 aromatic heterocycles. The maximum absolute atomic E-state index is 11.9. The third-order valence-electron chi connectivity index (χ3n) is 3.61. The highest BCUT2D eigenvalue weighted by molar-refractivity contribution is 6.35. The smallest absolute Gasteiger partial charge is 0.220 e. The van der Waals surface area contributed by atoms with Gasteiger partial charge in [0.15, 0.2) is 0 Å². The molecule has 22 heavy (non-hydrogen) atoms. The third kappa shape index (κ3) is 4.49. The fraction of sp³-hybridized carbons (Fsp3) is 0.375. The quantitative estimate of drug-likeness (QED) is 0.844. The van der Waals surface area contributed by atoms with Crippen LogP contribution in [0.25, 0.3) is 0 Å². The minimum atomic E-state index is 0.0325. The van der Waals surface area contributed by atoms with E-state index in [9.17, 15) is 4.79 Å². The van der Waals surface area contributed by atoms with Crippen molar-refractivity contribution in [2.24, 2.45) is 0 Å². The molecule has 1 heterocycles. The summed E-state index contributed by atoms with van der Waals surface area (Å²) in [5.41, 5.74) is 4.08. The number of nitrogens with zero attached hydrogens (tertiary/aromatic N) is 1. The number of carbonyl (C=O) groups is 1. The van der Waals surface area contributed by atoms with Crippen molar-refractivity contribution >= 4 is 29.1 Å².